The number of likely N-dealkylation sites (tertiary alicyclic amines) is 1. The van der Waals surface area contributed by atoms with E-state index in [0.29, 0.717) is 11.1 Å². The molecule has 0 radical (unpaired) electrons. The van der Waals surface area contributed by atoms with Crippen LogP contribution in [0, 0.1) is 6.92 Å². The van der Waals surface area contributed by atoms with Crippen LogP contribution in [0.2, 0.25) is 5.02 Å². The van der Waals surface area contributed by atoms with Crippen molar-refractivity contribution in [3.63, 3.8) is 0 Å². The van der Waals surface area contributed by atoms with Gasteiger partial charge in [0.1, 0.15) is 0 Å². The highest BCUT2D eigenvalue weighted by molar-refractivity contribution is 6.34. The monoisotopic (exact) mass is 291 g/mol. The van der Waals surface area contributed by atoms with Crippen molar-refractivity contribution < 1.29 is 1.37 Å². The predicted molar refractivity (Wildman–Crippen MR) is 83.6 cm³/mol. The Morgan fingerprint density at radius 1 is 1.50 bits per heavy atom. The molecular weight excluding hydrogens is 272 g/mol. The highest BCUT2D eigenvalue weighted by Gasteiger charge is 2.24. The molecule has 1 aliphatic rings. The number of hydrogen-bond acceptors (Lipinski definition) is 4. The molecule has 1 saturated heterocycles. The summed E-state index contributed by atoms with van der Waals surface area (Å²) in [5.41, 5.74) is 1.77. The molecule has 0 N–H and O–H groups in total. The van der Waals surface area contributed by atoms with Crippen LogP contribution in [0.25, 0.3) is 10.8 Å². The van der Waals surface area contributed by atoms with Crippen molar-refractivity contribution in [1.82, 2.24) is 15.1 Å². The van der Waals surface area contributed by atoms with Gasteiger partial charge in [0, 0.05) is 30.4 Å². The number of aryl methyl sites for hydroxylation is 1. The van der Waals surface area contributed by atoms with Crippen molar-refractivity contribution in [2.24, 2.45) is 0 Å². The van der Waals surface area contributed by atoms with Crippen LogP contribution in [0.15, 0.2) is 18.3 Å². The van der Waals surface area contributed by atoms with Gasteiger partial charge in [-0.25, -0.2) is 0 Å². The second-order valence-electron chi connectivity index (χ2n) is 5.56. The molecular formula is C15H19ClN4. The van der Waals surface area contributed by atoms with E-state index in [1.165, 1.54) is 0 Å². The van der Waals surface area contributed by atoms with Crippen LogP contribution < -0.4 is 4.90 Å². The molecule has 2 heterocycles. The minimum Gasteiger partial charge on any atom is -0.369 e. The summed E-state index contributed by atoms with van der Waals surface area (Å²) in [5, 5.41) is 10.3. The molecule has 4 nitrogen and oxygen atoms in total. The summed E-state index contributed by atoms with van der Waals surface area (Å²) in [6.45, 7) is 4.03. The van der Waals surface area contributed by atoms with Gasteiger partial charge in [-0.05, 0) is 39.1 Å². The molecule has 3 rings (SSSR count). The Morgan fingerprint density at radius 2 is 2.30 bits per heavy atom. The molecule has 0 spiro atoms. The number of fused-ring (bicyclic) bond motifs is 1. The summed E-state index contributed by atoms with van der Waals surface area (Å²) >= 11 is 6.47. The first-order valence-corrected chi connectivity index (χ1v) is 7.19. The van der Waals surface area contributed by atoms with Crippen molar-refractivity contribution in [1.29, 1.82) is 0 Å². The lowest BCUT2D eigenvalue weighted by Gasteiger charge is -2.27. The van der Waals surface area contributed by atoms with E-state index < -0.39 is 0 Å². The van der Waals surface area contributed by atoms with Gasteiger partial charge in [-0.1, -0.05) is 11.6 Å². The minimum absolute atomic E-state index is 0.199. The molecule has 1 aromatic carbocycles. The Bertz CT molecular complexity index is 691. The fourth-order valence-electron chi connectivity index (χ4n) is 2.86. The van der Waals surface area contributed by atoms with Gasteiger partial charge in [-0.2, -0.15) is 10.2 Å². The van der Waals surface area contributed by atoms with Gasteiger partial charge in [-0.15, -0.1) is 0 Å². The number of aromatic nitrogens is 2. The zero-order valence-corrected chi connectivity index (χ0v) is 12.8. The number of likely N-dealkylation sites (N-methyl/N-ethyl adjacent to an activating group) is 2. The lowest BCUT2D eigenvalue weighted by molar-refractivity contribution is 0.409. The third-order valence-corrected chi connectivity index (χ3v) is 4.44. The molecule has 0 amide bonds. The average molecular weight is 292 g/mol. The van der Waals surface area contributed by atoms with Crippen molar-refractivity contribution >= 4 is 28.1 Å². The molecule has 1 aliphatic heterocycles. The molecule has 0 bridgehead atoms. The highest BCUT2D eigenvalue weighted by atomic mass is 35.5. The fourth-order valence-corrected chi connectivity index (χ4v) is 3.15. The number of benzene rings is 1. The van der Waals surface area contributed by atoms with Gasteiger partial charge < -0.3 is 9.80 Å². The Kier molecular flexibility index (Phi) is 3.20. The van der Waals surface area contributed by atoms with E-state index in [1.54, 1.807) is 0 Å². The predicted octanol–water partition coefficient (Wildman–Crippen LogP) is 2.73. The third kappa shape index (κ3) is 2.34. The molecule has 1 atom stereocenters. The maximum atomic E-state index is 7.97. The summed E-state index contributed by atoms with van der Waals surface area (Å²) in [7, 11) is 4.21. The number of halogens is 1. The second-order valence-corrected chi connectivity index (χ2v) is 5.97. The molecule has 106 valence electrons. The Morgan fingerprint density at radius 3 is 3.00 bits per heavy atom. The minimum atomic E-state index is 0.199. The van der Waals surface area contributed by atoms with Gasteiger partial charge in [0.05, 0.1) is 23.9 Å². The van der Waals surface area contributed by atoms with Crippen molar-refractivity contribution in [2.45, 2.75) is 19.4 Å². The standard InChI is InChI=1S/C15H19ClN4/c1-10-13-7-14(16)15(6-11(13)8-17-18-10)20(3)12-4-5-19(2)9-12/h6-8,12H,4-5,9H2,1-3H3/t12-/m0/s1/i8D. The molecule has 0 unspecified atom stereocenters. The molecule has 2 aromatic rings. The Labute approximate surface area is 125 Å². The number of anilines is 1. The van der Waals surface area contributed by atoms with Crippen LogP contribution in [0.4, 0.5) is 5.69 Å². The summed E-state index contributed by atoms with van der Waals surface area (Å²) in [6.07, 6.45) is 1.33. The van der Waals surface area contributed by atoms with E-state index in [2.05, 4.69) is 34.1 Å². The number of hydrogen-bond donors (Lipinski definition) is 0. The molecule has 0 saturated carbocycles. The smallest absolute Gasteiger partial charge is 0.0867 e. The van der Waals surface area contributed by atoms with E-state index in [-0.39, 0.29) is 6.17 Å². The third-order valence-electron chi connectivity index (χ3n) is 4.14. The van der Waals surface area contributed by atoms with E-state index in [1.807, 2.05) is 19.1 Å². The highest BCUT2D eigenvalue weighted by Crippen LogP contribution is 2.33. The van der Waals surface area contributed by atoms with Gasteiger partial charge >= 0.3 is 0 Å². The summed E-state index contributed by atoms with van der Waals surface area (Å²) in [6, 6.07) is 4.33. The van der Waals surface area contributed by atoms with Gasteiger partial charge in [-0.3, -0.25) is 0 Å². The number of nitrogens with zero attached hydrogens (tertiary/aromatic N) is 4. The van der Waals surface area contributed by atoms with E-state index >= 15 is 0 Å². The lowest BCUT2D eigenvalue weighted by Crippen LogP contribution is -2.33. The van der Waals surface area contributed by atoms with Crippen LogP contribution in [-0.4, -0.2) is 48.3 Å². The van der Waals surface area contributed by atoms with E-state index in [0.717, 1.165) is 41.7 Å². The van der Waals surface area contributed by atoms with Gasteiger partial charge in [0.25, 0.3) is 0 Å². The summed E-state index contributed by atoms with van der Waals surface area (Å²) in [5.74, 6) is 0. The molecule has 1 fully saturated rings. The second kappa shape index (κ2) is 5.19. The van der Waals surface area contributed by atoms with E-state index in [4.69, 9.17) is 13.0 Å². The zero-order chi connectivity index (χ0) is 15.1. The van der Waals surface area contributed by atoms with Crippen LogP contribution >= 0.6 is 11.6 Å². The molecule has 0 aliphatic carbocycles. The fraction of sp³-hybridized carbons (Fsp3) is 0.467. The van der Waals surface area contributed by atoms with Crippen LogP contribution in [0.5, 0.6) is 0 Å². The normalized spacial score (nSPS) is 20.4. The lowest BCUT2D eigenvalue weighted by atomic mass is 10.1. The van der Waals surface area contributed by atoms with Crippen molar-refractivity contribution in [3.8, 4) is 0 Å². The first-order valence-electron chi connectivity index (χ1n) is 7.32. The average Bonchev–Trinajstić information content (AvgIpc) is 2.88. The van der Waals surface area contributed by atoms with Crippen molar-refractivity contribution in [3.05, 3.63) is 29.0 Å². The zero-order valence-electron chi connectivity index (χ0n) is 13.0. The first kappa shape index (κ1) is 12.4. The van der Waals surface area contributed by atoms with Crippen LogP contribution in [0.3, 0.4) is 0 Å². The van der Waals surface area contributed by atoms with Crippen LogP contribution in [-0.2, 0) is 0 Å². The van der Waals surface area contributed by atoms with Gasteiger partial charge in [0.2, 0.25) is 0 Å². The quantitative estimate of drug-likeness (QED) is 0.852. The maximum Gasteiger partial charge on any atom is 0.0867 e. The first-order chi connectivity index (χ1) is 9.97. The SMILES string of the molecule is [2H]c1nnc(C)c2cc(Cl)c(N(C)[C@H]3CCN(C)C3)cc12. The van der Waals surface area contributed by atoms with E-state index in [9.17, 15) is 0 Å². The van der Waals surface area contributed by atoms with Gasteiger partial charge in [0.15, 0.2) is 0 Å². The van der Waals surface area contributed by atoms with Crippen molar-refractivity contribution in [2.75, 3.05) is 32.1 Å². The summed E-state index contributed by atoms with van der Waals surface area (Å²) in [4.78, 5) is 4.54. The largest absolute Gasteiger partial charge is 0.369 e. The Balaban J connectivity index is 2.06. The Hall–Kier alpha value is -1.39. The van der Waals surface area contributed by atoms with Crippen LogP contribution in [0.1, 0.15) is 13.5 Å². The molecule has 1 aromatic heterocycles. The molecule has 5 heteroatoms. The topological polar surface area (TPSA) is 32.3 Å². The number of rotatable bonds is 2. The maximum absolute atomic E-state index is 7.97. The molecule has 20 heavy (non-hydrogen) atoms. The summed E-state index contributed by atoms with van der Waals surface area (Å²) < 4.78 is 7.97.